The summed E-state index contributed by atoms with van der Waals surface area (Å²) in [5.41, 5.74) is 5.18. The van der Waals surface area contributed by atoms with Gasteiger partial charge in [0.1, 0.15) is 5.82 Å². The molecular formula is C32H25FN2O2S. The molecule has 6 rings (SSSR count). The van der Waals surface area contributed by atoms with Crippen molar-refractivity contribution in [2.45, 2.75) is 24.4 Å². The van der Waals surface area contributed by atoms with E-state index in [1.54, 1.807) is 23.1 Å². The van der Waals surface area contributed by atoms with Gasteiger partial charge in [-0.2, -0.15) is 0 Å². The lowest BCUT2D eigenvalue weighted by Crippen LogP contribution is -2.35. The fourth-order valence-corrected chi connectivity index (χ4v) is 6.00. The number of benzene rings is 4. The summed E-state index contributed by atoms with van der Waals surface area (Å²) < 4.78 is 14.4. The number of hydrogen-bond acceptors (Lipinski definition) is 3. The van der Waals surface area contributed by atoms with Gasteiger partial charge in [0.05, 0.1) is 17.1 Å². The summed E-state index contributed by atoms with van der Waals surface area (Å²) in [6, 6.07) is 29.8. The van der Waals surface area contributed by atoms with Gasteiger partial charge in [0.15, 0.2) is 0 Å². The van der Waals surface area contributed by atoms with Crippen LogP contribution in [0.4, 0.5) is 10.1 Å². The molecule has 0 unspecified atom stereocenters. The Bertz CT molecular complexity index is 1560. The zero-order chi connectivity index (χ0) is 26.1. The van der Waals surface area contributed by atoms with Crippen LogP contribution in [-0.2, 0) is 24.3 Å². The van der Waals surface area contributed by atoms with Gasteiger partial charge in [-0.3, -0.25) is 9.59 Å². The molecule has 2 aliphatic rings. The fraction of sp³-hybridized carbons (Fsp3) is 0.125. The maximum Gasteiger partial charge on any atom is 0.265 e. The van der Waals surface area contributed by atoms with Gasteiger partial charge in [0.25, 0.3) is 11.8 Å². The first-order valence-electron chi connectivity index (χ1n) is 12.6. The van der Waals surface area contributed by atoms with E-state index in [1.807, 2.05) is 71.6 Å². The lowest BCUT2D eigenvalue weighted by Gasteiger charge is -2.30. The Morgan fingerprint density at radius 1 is 0.868 bits per heavy atom. The molecule has 0 spiro atoms. The first-order chi connectivity index (χ1) is 18.6. The molecular weight excluding hydrogens is 495 g/mol. The lowest BCUT2D eigenvalue weighted by atomic mass is 9.99. The van der Waals surface area contributed by atoms with E-state index in [0.29, 0.717) is 29.1 Å². The third kappa shape index (κ3) is 4.75. The average Bonchev–Trinajstić information content (AvgIpc) is 2.96. The number of halogens is 1. The van der Waals surface area contributed by atoms with Crippen LogP contribution in [0.3, 0.4) is 0 Å². The second kappa shape index (κ2) is 10.3. The maximum absolute atomic E-state index is 14.4. The molecule has 0 bridgehead atoms. The molecule has 2 amide bonds. The highest BCUT2D eigenvalue weighted by Gasteiger charge is 2.29. The molecule has 0 aromatic heterocycles. The quantitative estimate of drug-likeness (QED) is 0.281. The Labute approximate surface area is 225 Å². The standard InChI is InChI=1S/C32H25FN2O2S/c33-27-10-4-3-9-26(27)21-35-28-11-5-6-12-29(28)38-30(32(35)37)19-22-13-15-24(16-14-22)31(36)34-18-17-23-7-1-2-8-25(23)20-34/h1-16,19H,17-18,20-21H2. The predicted molar refractivity (Wildman–Crippen MR) is 149 cm³/mol. The second-order valence-corrected chi connectivity index (χ2v) is 10.5. The highest BCUT2D eigenvalue weighted by Crippen LogP contribution is 2.42. The minimum Gasteiger partial charge on any atom is -0.334 e. The van der Waals surface area contributed by atoms with E-state index in [4.69, 9.17) is 0 Å². The summed E-state index contributed by atoms with van der Waals surface area (Å²) in [5, 5.41) is 0. The van der Waals surface area contributed by atoms with Crippen molar-refractivity contribution in [1.29, 1.82) is 0 Å². The summed E-state index contributed by atoms with van der Waals surface area (Å²) in [6.07, 6.45) is 2.69. The fourth-order valence-electron chi connectivity index (χ4n) is 4.94. The molecule has 4 aromatic rings. The third-order valence-corrected chi connectivity index (χ3v) is 8.07. The van der Waals surface area contributed by atoms with E-state index in [2.05, 4.69) is 12.1 Å². The number of para-hydroxylation sites is 1. The van der Waals surface area contributed by atoms with Crippen molar-refractivity contribution in [2.75, 3.05) is 11.4 Å². The number of fused-ring (bicyclic) bond motifs is 2. The normalized spacial score (nSPS) is 15.8. The van der Waals surface area contributed by atoms with E-state index in [-0.39, 0.29) is 24.2 Å². The summed E-state index contributed by atoms with van der Waals surface area (Å²) in [6.45, 7) is 1.46. The van der Waals surface area contributed by atoms with Gasteiger partial charge in [-0.05, 0) is 59.5 Å². The summed E-state index contributed by atoms with van der Waals surface area (Å²) in [4.78, 5) is 31.7. The van der Waals surface area contributed by atoms with Gasteiger partial charge in [-0.15, -0.1) is 0 Å². The van der Waals surface area contributed by atoms with Crippen molar-refractivity contribution in [2.24, 2.45) is 0 Å². The van der Waals surface area contributed by atoms with Crippen molar-refractivity contribution in [3.63, 3.8) is 0 Å². The van der Waals surface area contributed by atoms with Crippen molar-refractivity contribution in [3.8, 4) is 0 Å². The number of amides is 2. The number of hydrogen-bond donors (Lipinski definition) is 0. The molecule has 0 radical (unpaired) electrons. The average molecular weight is 521 g/mol. The Morgan fingerprint density at radius 2 is 1.58 bits per heavy atom. The van der Waals surface area contributed by atoms with E-state index in [9.17, 15) is 14.0 Å². The molecule has 6 heteroatoms. The van der Waals surface area contributed by atoms with E-state index in [0.717, 1.165) is 22.6 Å². The first kappa shape index (κ1) is 24.2. The number of rotatable bonds is 4. The van der Waals surface area contributed by atoms with Crippen LogP contribution >= 0.6 is 11.8 Å². The van der Waals surface area contributed by atoms with Crippen LogP contribution in [-0.4, -0.2) is 23.3 Å². The molecule has 2 heterocycles. The Hall–Kier alpha value is -4.16. The predicted octanol–water partition coefficient (Wildman–Crippen LogP) is 6.70. The topological polar surface area (TPSA) is 40.6 Å². The van der Waals surface area contributed by atoms with Crippen LogP contribution in [0.1, 0.15) is 32.6 Å². The zero-order valence-electron chi connectivity index (χ0n) is 20.6. The second-order valence-electron chi connectivity index (χ2n) is 9.43. The zero-order valence-corrected chi connectivity index (χ0v) is 21.5. The molecule has 4 nitrogen and oxygen atoms in total. The van der Waals surface area contributed by atoms with Crippen molar-refractivity contribution in [1.82, 2.24) is 4.90 Å². The molecule has 2 aliphatic heterocycles. The minimum atomic E-state index is -0.334. The van der Waals surface area contributed by atoms with Crippen LogP contribution in [0.25, 0.3) is 6.08 Å². The monoisotopic (exact) mass is 520 g/mol. The van der Waals surface area contributed by atoms with Crippen LogP contribution in [0.15, 0.2) is 107 Å². The van der Waals surface area contributed by atoms with Gasteiger partial charge >= 0.3 is 0 Å². The van der Waals surface area contributed by atoms with Gasteiger partial charge in [0, 0.05) is 29.1 Å². The molecule has 0 N–H and O–H groups in total. The van der Waals surface area contributed by atoms with E-state index < -0.39 is 0 Å². The number of carbonyl (C=O) groups excluding carboxylic acids is 2. The highest BCUT2D eigenvalue weighted by molar-refractivity contribution is 8.04. The maximum atomic E-state index is 14.4. The van der Waals surface area contributed by atoms with Gasteiger partial charge < -0.3 is 9.80 Å². The van der Waals surface area contributed by atoms with Crippen LogP contribution in [0.5, 0.6) is 0 Å². The number of anilines is 1. The van der Waals surface area contributed by atoms with Gasteiger partial charge in [-0.25, -0.2) is 4.39 Å². The molecule has 38 heavy (non-hydrogen) atoms. The molecule has 0 fully saturated rings. The van der Waals surface area contributed by atoms with Crippen molar-refractivity contribution < 1.29 is 14.0 Å². The number of nitrogens with zero attached hydrogens (tertiary/aromatic N) is 2. The van der Waals surface area contributed by atoms with Gasteiger partial charge in [-0.1, -0.05) is 78.5 Å². The molecule has 4 aromatic carbocycles. The SMILES string of the molecule is O=C(c1ccc(C=C2Sc3ccccc3N(Cc3ccccc3F)C2=O)cc1)N1CCc2ccccc2C1. The van der Waals surface area contributed by atoms with E-state index in [1.165, 1.54) is 29.0 Å². The minimum absolute atomic E-state index is 0.00631. The molecule has 0 saturated heterocycles. The number of thioether (sulfide) groups is 1. The number of carbonyl (C=O) groups is 2. The smallest absolute Gasteiger partial charge is 0.265 e. The van der Waals surface area contributed by atoms with Crippen molar-refractivity contribution >= 4 is 35.3 Å². The van der Waals surface area contributed by atoms with Crippen LogP contribution in [0.2, 0.25) is 0 Å². The summed E-state index contributed by atoms with van der Waals surface area (Å²) in [5.74, 6) is -0.505. The molecule has 0 saturated carbocycles. The van der Waals surface area contributed by atoms with Crippen molar-refractivity contribution in [3.05, 3.63) is 136 Å². The lowest BCUT2D eigenvalue weighted by molar-refractivity contribution is -0.114. The molecule has 188 valence electrons. The Kier molecular flexibility index (Phi) is 6.56. The summed E-state index contributed by atoms with van der Waals surface area (Å²) >= 11 is 1.41. The molecule has 0 atom stereocenters. The van der Waals surface area contributed by atoms with Gasteiger partial charge in [0.2, 0.25) is 0 Å². The summed E-state index contributed by atoms with van der Waals surface area (Å²) in [7, 11) is 0. The highest BCUT2D eigenvalue weighted by atomic mass is 32.2. The van der Waals surface area contributed by atoms with Crippen LogP contribution in [0, 0.1) is 5.82 Å². The molecule has 0 aliphatic carbocycles. The first-order valence-corrected chi connectivity index (χ1v) is 13.4. The third-order valence-electron chi connectivity index (χ3n) is 6.99. The largest absolute Gasteiger partial charge is 0.334 e. The van der Waals surface area contributed by atoms with E-state index >= 15 is 0 Å². The van der Waals surface area contributed by atoms with Crippen LogP contribution < -0.4 is 4.90 Å². The Morgan fingerprint density at radius 3 is 2.39 bits per heavy atom. The Balaban J connectivity index is 1.23.